The number of ether oxygens (including phenoxy) is 2. The van der Waals surface area contributed by atoms with E-state index in [9.17, 15) is 9.59 Å². The lowest BCUT2D eigenvalue weighted by molar-refractivity contribution is -0.137. The summed E-state index contributed by atoms with van der Waals surface area (Å²) in [6, 6.07) is 14.7. The van der Waals surface area contributed by atoms with Crippen molar-refractivity contribution in [1.82, 2.24) is 0 Å². The van der Waals surface area contributed by atoms with Gasteiger partial charge in [-0.2, -0.15) is 0 Å². The van der Waals surface area contributed by atoms with Gasteiger partial charge in [-0.25, -0.2) is 9.59 Å². The highest BCUT2D eigenvalue weighted by Crippen LogP contribution is 2.37. The van der Waals surface area contributed by atoms with Crippen LogP contribution in [0.25, 0.3) is 0 Å². The zero-order chi connectivity index (χ0) is 21.3. The number of carbonyl (C=O) groups excluding carboxylic acids is 2. The van der Waals surface area contributed by atoms with E-state index in [1.807, 2.05) is 24.3 Å². The predicted octanol–water partition coefficient (Wildman–Crippen LogP) is 6.34. The highest BCUT2D eigenvalue weighted by molar-refractivity contribution is 6.32. The van der Waals surface area contributed by atoms with Gasteiger partial charge < -0.3 is 9.47 Å². The Morgan fingerprint density at radius 3 is 2.40 bits per heavy atom. The molecule has 158 valence electrons. The number of hydrogen-bond donors (Lipinski definition) is 0. The second kappa shape index (κ2) is 11.0. The van der Waals surface area contributed by atoms with Crippen molar-refractivity contribution in [3.8, 4) is 5.75 Å². The van der Waals surface area contributed by atoms with Crippen molar-refractivity contribution in [2.24, 2.45) is 5.92 Å². The standard InChI is InChI=1S/C25H27ClO4/c1-2-24(27)29-17-5-6-18-9-11-19(12-10-18)20-13-15-21(16-14-20)25(28)30-23-8-4-3-7-22(23)26/h2-4,7-8,13-16,18-19H,1,5-6,9-12,17H2. The first-order valence-corrected chi connectivity index (χ1v) is 10.8. The molecule has 1 aliphatic rings. The number of esters is 2. The molecule has 2 aromatic rings. The number of rotatable bonds is 8. The third kappa shape index (κ3) is 6.20. The van der Waals surface area contributed by atoms with Crippen LogP contribution in [0.3, 0.4) is 0 Å². The topological polar surface area (TPSA) is 52.6 Å². The molecule has 1 aliphatic carbocycles. The molecule has 0 spiro atoms. The van der Waals surface area contributed by atoms with Crippen LogP contribution in [0.4, 0.5) is 0 Å². The average molecular weight is 427 g/mol. The molecule has 0 saturated heterocycles. The van der Waals surface area contributed by atoms with Crippen LogP contribution in [-0.4, -0.2) is 18.5 Å². The van der Waals surface area contributed by atoms with E-state index < -0.39 is 5.97 Å². The van der Waals surface area contributed by atoms with E-state index in [0.29, 0.717) is 34.8 Å². The molecule has 0 bridgehead atoms. The molecule has 5 heteroatoms. The number of hydrogen-bond acceptors (Lipinski definition) is 4. The molecule has 0 N–H and O–H groups in total. The maximum absolute atomic E-state index is 12.4. The summed E-state index contributed by atoms with van der Waals surface area (Å²) in [6.07, 6.45) is 7.82. The van der Waals surface area contributed by atoms with Gasteiger partial charge in [-0.05, 0) is 80.2 Å². The van der Waals surface area contributed by atoms with E-state index >= 15 is 0 Å². The largest absolute Gasteiger partial charge is 0.463 e. The predicted molar refractivity (Wildman–Crippen MR) is 118 cm³/mol. The third-order valence-electron chi connectivity index (χ3n) is 5.67. The molecule has 2 aromatic carbocycles. The molecule has 0 atom stereocenters. The smallest absolute Gasteiger partial charge is 0.343 e. The highest BCUT2D eigenvalue weighted by atomic mass is 35.5. The molecule has 0 heterocycles. The third-order valence-corrected chi connectivity index (χ3v) is 5.98. The first kappa shape index (κ1) is 22.1. The molecule has 1 fully saturated rings. The molecule has 4 nitrogen and oxygen atoms in total. The Labute approximate surface area is 182 Å². The van der Waals surface area contributed by atoms with E-state index in [2.05, 4.69) is 6.58 Å². The van der Waals surface area contributed by atoms with E-state index in [1.54, 1.807) is 24.3 Å². The van der Waals surface area contributed by atoms with Gasteiger partial charge in [0.25, 0.3) is 0 Å². The van der Waals surface area contributed by atoms with Crippen LogP contribution >= 0.6 is 11.6 Å². The van der Waals surface area contributed by atoms with E-state index in [-0.39, 0.29) is 5.97 Å². The summed E-state index contributed by atoms with van der Waals surface area (Å²) >= 11 is 6.05. The summed E-state index contributed by atoms with van der Waals surface area (Å²) in [7, 11) is 0. The quantitative estimate of drug-likeness (QED) is 0.214. The van der Waals surface area contributed by atoms with Crippen LogP contribution in [0.15, 0.2) is 61.2 Å². The van der Waals surface area contributed by atoms with Crippen LogP contribution in [0, 0.1) is 5.92 Å². The fraction of sp³-hybridized carbons (Fsp3) is 0.360. The molecule has 0 aliphatic heterocycles. The lowest BCUT2D eigenvalue weighted by Gasteiger charge is -2.29. The number of halogens is 1. The Bertz CT molecular complexity index is 867. The lowest BCUT2D eigenvalue weighted by Crippen LogP contribution is -2.15. The summed E-state index contributed by atoms with van der Waals surface area (Å²) in [4.78, 5) is 23.4. The maximum Gasteiger partial charge on any atom is 0.343 e. The summed E-state index contributed by atoms with van der Waals surface area (Å²) in [5.41, 5.74) is 1.78. The van der Waals surface area contributed by atoms with Crippen LogP contribution in [0.1, 0.15) is 60.4 Å². The minimum absolute atomic E-state index is 0.349. The molecule has 30 heavy (non-hydrogen) atoms. The Hall–Kier alpha value is -2.59. The summed E-state index contributed by atoms with van der Waals surface area (Å²) in [5, 5.41) is 0.415. The van der Waals surface area contributed by atoms with E-state index in [4.69, 9.17) is 21.1 Å². The number of carbonyl (C=O) groups is 2. The van der Waals surface area contributed by atoms with E-state index in [1.165, 1.54) is 24.5 Å². The SMILES string of the molecule is C=CC(=O)OCCCC1CCC(c2ccc(C(=O)Oc3ccccc3Cl)cc2)CC1. The van der Waals surface area contributed by atoms with Crippen LogP contribution in [0.5, 0.6) is 5.75 Å². The van der Waals surface area contributed by atoms with Gasteiger partial charge in [-0.1, -0.05) is 42.4 Å². The first-order chi connectivity index (χ1) is 14.6. The molecule has 0 radical (unpaired) electrons. The van der Waals surface area contributed by atoms with Gasteiger partial charge in [0.1, 0.15) is 5.75 Å². The van der Waals surface area contributed by atoms with Crippen molar-refractivity contribution in [3.05, 3.63) is 77.3 Å². The van der Waals surface area contributed by atoms with Crippen molar-refractivity contribution >= 4 is 23.5 Å². The van der Waals surface area contributed by atoms with Gasteiger partial charge in [-0.15, -0.1) is 0 Å². The molecule has 0 unspecified atom stereocenters. The monoisotopic (exact) mass is 426 g/mol. The first-order valence-electron chi connectivity index (χ1n) is 10.4. The molecule has 3 rings (SSSR count). The Morgan fingerprint density at radius 2 is 1.73 bits per heavy atom. The van der Waals surface area contributed by atoms with Gasteiger partial charge in [0, 0.05) is 6.08 Å². The second-order valence-corrected chi connectivity index (χ2v) is 8.08. The minimum Gasteiger partial charge on any atom is -0.463 e. The fourth-order valence-electron chi connectivity index (χ4n) is 3.97. The highest BCUT2D eigenvalue weighted by Gasteiger charge is 2.22. The van der Waals surface area contributed by atoms with Gasteiger partial charge in [0.15, 0.2) is 0 Å². The van der Waals surface area contributed by atoms with Gasteiger partial charge >= 0.3 is 11.9 Å². The average Bonchev–Trinajstić information content (AvgIpc) is 2.78. The second-order valence-electron chi connectivity index (χ2n) is 7.67. The zero-order valence-electron chi connectivity index (χ0n) is 17.0. The van der Waals surface area contributed by atoms with E-state index in [0.717, 1.165) is 25.7 Å². The Balaban J connectivity index is 1.45. The lowest BCUT2D eigenvalue weighted by atomic mass is 9.77. The van der Waals surface area contributed by atoms with Crippen molar-refractivity contribution in [2.75, 3.05) is 6.61 Å². The molecular formula is C25H27ClO4. The Morgan fingerprint density at radius 1 is 1.03 bits per heavy atom. The van der Waals surface area contributed by atoms with Crippen LogP contribution < -0.4 is 4.74 Å². The summed E-state index contributed by atoms with van der Waals surface area (Å²) in [5.74, 6) is 0.821. The number of para-hydroxylation sites is 1. The summed E-state index contributed by atoms with van der Waals surface area (Å²) < 4.78 is 10.4. The van der Waals surface area contributed by atoms with Gasteiger partial charge in [0.2, 0.25) is 0 Å². The normalized spacial score (nSPS) is 18.4. The van der Waals surface area contributed by atoms with Crippen molar-refractivity contribution in [2.45, 2.75) is 44.4 Å². The van der Waals surface area contributed by atoms with Gasteiger partial charge in [0.05, 0.1) is 17.2 Å². The fourth-order valence-corrected chi connectivity index (χ4v) is 4.14. The van der Waals surface area contributed by atoms with Crippen molar-refractivity contribution in [1.29, 1.82) is 0 Å². The zero-order valence-corrected chi connectivity index (χ0v) is 17.8. The van der Waals surface area contributed by atoms with Gasteiger partial charge in [-0.3, -0.25) is 0 Å². The van der Waals surface area contributed by atoms with Crippen LogP contribution in [-0.2, 0) is 9.53 Å². The van der Waals surface area contributed by atoms with Crippen molar-refractivity contribution < 1.29 is 19.1 Å². The molecule has 0 aromatic heterocycles. The summed E-state index contributed by atoms with van der Waals surface area (Å²) in [6.45, 7) is 3.87. The Kier molecular flexibility index (Phi) is 8.09. The van der Waals surface area contributed by atoms with Crippen LogP contribution in [0.2, 0.25) is 5.02 Å². The maximum atomic E-state index is 12.4. The molecule has 1 saturated carbocycles. The molecular weight excluding hydrogens is 400 g/mol. The number of benzene rings is 2. The molecule has 0 amide bonds. The minimum atomic E-state index is -0.407. The van der Waals surface area contributed by atoms with Crippen molar-refractivity contribution in [3.63, 3.8) is 0 Å².